The Labute approximate surface area is 144 Å². The van der Waals surface area contributed by atoms with Gasteiger partial charge in [0, 0.05) is 12.1 Å². The summed E-state index contributed by atoms with van der Waals surface area (Å²) >= 11 is 5.96. The number of halogens is 1. The lowest BCUT2D eigenvalue weighted by Crippen LogP contribution is -2.34. The maximum atomic E-state index is 12.6. The van der Waals surface area contributed by atoms with E-state index < -0.39 is 12.0 Å². The van der Waals surface area contributed by atoms with Gasteiger partial charge in [-0.3, -0.25) is 19.3 Å². The first-order valence-electron chi connectivity index (χ1n) is 7.66. The molecule has 0 bridgehead atoms. The number of carbonyl (C=O) groups is 2. The highest BCUT2D eigenvalue weighted by Gasteiger charge is 2.58. The molecule has 2 saturated heterocycles. The van der Waals surface area contributed by atoms with Crippen LogP contribution in [0.5, 0.6) is 0 Å². The molecule has 24 heavy (non-hydrogen) atoms. The number of fused-ring (bicyclic) bond motifs is 1. The predicted molar refractivity (Wildman–Crippen MR) is 89.3 cm³/mol. The summed E-state index contributed by atoms with van der Waals surface area (Å²) in [7, 11) is 1.50. The summed E-state index contributed by atoms with van der Waals surface area (Å²) in [5.74, 6) is -1.07. The number of hydrogen-bond donors (Lipinski definition) is 0. The van der Waals surface area contributed by atoms with Crippen LogP contribution in [-0.4, -0.2) is 29.9 Å². The Balaban J connectivity index is 1.80. The van der Waals surface area contributed by atoms with Gasteiger partial charge in [0.15, 0.2) is 6.10 Å². The maximum Gasteiger partial charge on any atom is 0.261 e. The largest absolute Gasteiger partial charge is 0.283 e. The van der Waals surface area contributed by atoms with Crippen LogP contribution in [-0.2, 0) is 14.4 Å². The first-order valence-corrected chi connectivity index (χ1v) is 8.03. The summed E-state index contributed by atoms with van der Waals surface area (Å²) in [4.78, 5) is 32.0. The number of rotatable bonds is 2. The van der Waals surface area contributed by atoms with Gasteiger partial charge in [0.05, 0.1) is 11.7 Å². The fourth-order valence-electron chi connectivity index (χ4n) is 3.35. The molecule has 0 aliphatic carbocycles. The van der Waals surface area contributed by atoms with Gasteiger partial charge >= 0.3 is 0 Å². The predicted octanol–water partition coefficient (Wildman–Crippen LogP) is 2.82. The lowest BCUT2D eigenvalue weighted by molar-refractivity contribution is -0.141. The molecule has 2 aromatic rings. The van der Waals surface area contributed by atoms with E-state index >= 15 is 0 Å². The van der Waals surface area contributed by atoms with Gasteiger partial charge < -0.3 is 0 Å². The topological polar surface area (TPSA) is 49.9 Å². The van der Waals surface area contributed by atoms with E-state index in [1.807, 2.05) is 42.5 Å². The molecule has 0 spiro atoms. The standard InChI is InChI=1S/C18H15ClN2O3/c1-20-17(22)14-15(11-5-3-2-4-6-11)21(24-16(14)18(20)23)13-9-7-12(19)8-10-13/h2-10,14-16H,1H3/t14-,15-,16-/m1/s1. The molecular weight excluding hydrogens is 328 g/mol. The van der Waals surface area contributed by atoms with Crippen molar-refractivity contribution in [1.82, 2.24) is 4.90 Å². The number of imide groups is 1. The highest BCUT2D eigenvalue weighted by Crippen LogP contribution is 2.46. The first-order chi connectivity index (χ1) is 11.6. The minimum Gasteiger partial charge on any atom is -0.283 e. The number of carbonyl (C=O) groups excluding carboxylic acids is 2. The van der Waals surface area contributed by atoms with Gasteiger partial charge in [0.1, 0.15) is 5.92 Å². The third kappa shape index (κ3) is 2.20. The summed E-state index contributed by atoms with van der Waals surface area (Å²) in [5.41, 5.74) is 1.68. The summed E-state index contributed by atoms with van der Waals surface area (Å²) in [6.07, 6.45) is -0.789. The fourth-order valence-corrected chi connectivity index (χ4v) is 3.48. The zero-order valence-electron chi connectivity index (χ0n) is 12.9. The van der Waals surface area contributed by atoms with Gasteiger partial charge in [0.2, 0.25) is 5.91 Å². The van der Waals surface area contributed by atoms with Crippen molar-refractivity contribution in [3.05, 3.63) is 65.2 Å². The molecule has 122 valence electrons. The minimum atomic E-state index is -0.789. The number of likely N-dealkylation sites (N-methyl/N-ethyl adjacent to an activating group) is 1. The number of hydroxylamine groups is 1. The van der Waals surface area contributed by atoms with Crippen molar-refractivity contribution < 1.29 is 14.4 Å². The molecule has 2 aliphatic heterocycles. The molecule has 2 heterocycles. The number of nitrogens with zero attached hydrogens (tertiary/aromatic N) is 2. The molecule has 4 rings (SSSR count). The second-order valence-corrected chi connectivity index (χ2v) is 6.38. The van der Waals surface area contributed by atoms with Gasteiger partial charge in [0.25, 0.3) is 5.91 Å². The maximum absolute atomic E-state index is 12.6. The number of benzene rings is 2. The molecule has 0 unspecified atom stereocenters. The minimum absolute atomic E-state index is 0.213. The molecular formula is C18H15ClN2O3. The Morgan fingerprint density at radius 2 is 1.62 bits per heavy atom. The normalized spacial score (nSPS) is 26.2. The molecule has 0 radical (unpaired) electrons. The Kier molecular flexibility index (Phi) is 3.55. The van der Waals surface area contributed by atoms with Crippen LogP contribution < -0.4 is 5.06 Å². The molecule has 2 aromatic carbocycles. The molecule has 2 aliphatic rings. The van der Waals surface area contributed by atoms with Gasteiger partial charge in [-0.25, -0.2) is 5.06 Å². The van der Waals surface area contributed by atoms with E-state index in [1.165, 1.54) is 7.05 Å². The lowest BCUT2D eigenvalue weighted by atomic mass is 9.90. The van der Waals surface area contributed by atoms with Crippen molar-refractivity contribution in [2.24, 2.45) is 5.92 Å². The quantitative estimate of drug-likeness (QED) is 0.787. The zero-order chi connectivity index (χ0) is 16.8. The van der Waals surface area contributed by atoms with Gasteiger partial charge in [-0.1, -0.05) is 41.9 Å². The van der Waals surface area contributed by atoms with Crippen molar-refractivity contribution in [3.63, 3.8) is 0 Å². The second kappa shape index (κ2) is 5.61. The molecule has 0 saturated carbocycles. The van der Waals surface area contributed by atoms with Crippen LogP contribution in [0.15, 0.2) is 54.6 Å². The van der Waals surface area contributed by atoms with Crippen LogP contribution in [0.25, 0.3) is 0 Å². The van der Waals surface area contributed by atoms with E-state index in [0.717, 1.165) is 16.2 Å². The molecule has 3 atom stereocenters. The van der Waals surface area contributed by atoms with E-state index in [4.69, 9.17) is 16.4 Å². The van der Waals surface area contributed by atoms with Crippen LogP contribution in [0.4, 0.5) is 5.69 Å². The van der Waals surface area contributed by atoms with Crippen LogP contribution in [0.1, 0.15) is 11.6 Å². The van der Waals surface area contributed by atoms with E-state index in [0.29, 0.717) is 5.02 Å². The van der Waals surface area contributed by atoms with E-state index in [-0.39, 0.29) is 17.9 Å². The van der Waals surface area contributed by atoms with Crippen molar-refractivity contribution >= 4 is 29.1 Å². The summed E-state index contributed by atoms with van der Waals surface area (Å²) < 4.78 is 0. The number of amides is 2. The molecule has 0 N–H and O–H groups in total. The van der Waals surface area contributed by atoms with Crippen LogP contribution >= 0.6 is 11.6 Å². The Bertz CT molecular complexity index is 794. The average Bonchev–Trinajstić information content (AvgIpc) is 3.09. The third-order valence-electron chi connectivity index (χ3n) is 4.56. The summed E-state index contributed by atoms with van der Waals surface area (Å²) in [6.45, 7) is 0. The van der Waals surface area contributed by atoms with Crippen molar-refractivity contribution in [1.29, 1.82) is 0 Å². The smallest absolute Gasteiger partial charge is 0.261 e. The van der Waals surface area contributed by atoms with Crippen molar-refractivity contribution in [2.75, 3.05) is 12.1 Å². The van der Waals surface area contributed by atoms with Crippen molar-refractivity contribution in [3.8, 4) is 0 Å². The average molecular weight is 343 g/mol. The van der Waals surface area contributed by atoms with Gasteiger partial charge in [-0.2, -0.15) is 0 Å². The Hall–Kier alpha value is -2.37. The fraction of sp³-hybridized carbons (Fsp3) is 0.222. The molecule has 5 nitrogen and oxygen atoms in total. The monoisotopic (exact) mass is 342 g/mol. The highest BCUT2D eigenvalue weighted by molar-refractivity contribution is 6.30. The summed E-state index contributed by atoms with van der Waals surface area (Å²) in [5, 5.41) is 2.27. The van der Waals surface area contributed by atoms with Crippen LogP contribution in [0.2, 0.25) is 5.02 Å². The first kappa shape index (κ1) is 15.2. The van der Waals surface area contributed by atoms with Gasteiger partial charge in [-0.05, 0) is 29.8 Å². The zero-order valence-corrected chi connectivity index (χ0v) is 13.7. The van der Waals surface area contributed by atoms with Crippen LogP contribution in [0, 0.1) is 5.92 Å². The van der Waals surface area contributed by atoms with E-state index in [9.17, 15) is 9.59 Å². The molecule has 2 fully saturated rings. The molecule has 2 amide bonds. The van der Waals surface area contributed by atoms with Crippen molar-refractivity contribution in [2.45, 2.75) is 12.1 Å². The van der Waals surface area contributed by atoms with Gasteiger partial charge in [-0.15, -0.1) is 0 Å². The molecule has 0 aromatic heterocycles. The number of anilines is 1. The van der Waals surface area contributed by atoms with E-state index in [1.54, 1.807) is 17.2 Å². The Morgan fingerprint density at radius 1 is 0.958 bits per heavy atom. The lowest BCUT2D eigenvalue weighted by Gasteiger charge is -2.28. The second-order valence-electron chi connectivity index (χ2n) is 5.95. The summed E-state index contributed by atoms with van der Waals surface area (Å²) in [6, 6.07) is 16.4. The third-order valence-corrected chi connectivity index (χ3v) is 4.81. The number of hydrogen-bond acceptors (Lipinski definition) is 4. The van der Waals surface area contributed by atoms with Crippen LogP contribution in [0.3, 0.4) is 0 Å². The number of likely N-dealkylation sites (tertiary alicyclic amines) is 1. The highest BCUT2D eigenvalue weighted by atomic mass is 35.5. The Morgan fingerprint density at radius 3 is 2.29 bits per heavy atom. The molecule has 6 heteroatoms. The van der Waals surface area contributed by atoms with E-state index in [2.05, 4.69) is 0 Å². The SMILES string of the molecule is CN1C(=O)[C@@H]2[C@@H](c3ccccc3)N(c3ccc(Cl)cc3)O[C@H]2C1=O.